The van der Waals surface area contributed by atoms with E-state index in [0.717, 1.165) is 0 Å². The number of nitrogens with two attached hydrogens (primary N) is 1. The first-order valence-electron chi connectivity index (χ1n) is 6.26. The Morgan fingerprint density at radius 2 is 2.21 bits per heavy atom. The Labute approximate surface area is 112 Å². The molecule has 0 aliphatic carbocycles. The minimum absolute atomic E-state index is 0.268. The summed E-state index contributed by atoms with van der Waals surface area (Å²) in [6.07, 6.45) is 1.84. The first-order chi connectivity index (χ1) is 9.20. The summed E-state index contributed by atoms with van der Waals surface area (Å²) in [5.74, 6) is -0.0527. The SMILES string of the molecule is CCOc1cccc(N)c1C(=O)OCCCCC#N. The maximum Gasteiger partial charge on any atom is 0.344 e. The molecule has 0 aliphatic heterocycles. The van der Waals surface area contributed by atoms with E-state index in [4.69, 9.17) is 20.5 Å². The smallest absolute Gasteiger partial charge is 0.344 e. The van der Waals surface area contributed by atoms with Gasteiger partial charge in [0.2, 0.25) is 0 Å². The van der Waals surface area contributed by atoms with Gasteiger partial charge >= 0.3 is 5.97 Å². The Balaban J connectivity index is 2.63. The van der Waals surface area contributed by atoms with Crippen molar-refractivity contribution in [2.75, 3.05) is 18.9 Å². The van der Waals surface area contributed by atoms with Crippen LogP contribution in [0.25, 0.3) is 0 Å². The lowest BCUT2D eigenvalue weighted by atomic mass is 10.1. The van der Waals surface area contributed by atoms with Crippen LogP contribution in [0.5, 0.6) is 5.75 Å². The Bertz CT molecular complexity index is 466. The van der Waals surface area contributed by atoms with Crippen molar-refractivity contribution < 1.29 is 14.3 Å². The van der Waals surface area contributed by atoms with Gasteiger partial charge in [-0.3, -0.25) is 0 Å². The number of unbranched alkanes of at least 4 members (excludes halogenated alkanes) is 2. The number of carbonyl (C=O) groups excluding carboxylic acids is 1. The molecule has 0 saturated heterocycles. The highest BCUT2D eigenvalue weighted by Crippen LogP contribution is 2.25. The molecule has 0 saturated carbocycles. The molecule has 0 fully saturated rings. The summed E-state index contributed by atoms with van der Waals surface area (Å²) in [5, 5.41) is 8.39. The third-order valence-electron chi connectivity index (χ3n) is 2.48. The molecule has 0 aliphatic rings. The van der Waals surface area contributed by atoms with Gasteiger partial charge in [0.25, 0.3) is 0 Å². The molecule has 1 rings (SSSR count). The van der Waals surface area contributed by atoms with Gasteiger partial charge in [0, 0.05) is 12.1 Å². The number of hydrogen-bond acceptors (Lipinski definition) is 5. The maximum atomic E-state index is 11.9. The van der Waals surface area contributed by atoms with Gasteiger partial charge in [0.15, 0.2) is 0 Å². The van der Waals surface area contributed by atoms with Crippen molar-refractivity contribution in [3.8, 4) is 11.8 Å². The Morgan fingerprint density at radius 1 is 1.42 bits per heavy atom. The molecule has 1 aromatic carbocycles. The fourth-order valence-electron chi connectivity index (χ4n) is 1.59. The van der Waals surface area contributed by atoms with Crippen LogP contribution in [-0.2, 0) is 4.74 Å². The number of ether oxygens (including phenoxy) is 2. The van der Waals surface area contributed by atoms with E-state index in [2.05, 4.69) is 0 Å². The van der Waals surface area contributed by atoms with Crippen molar-refractivity contribution in [2.24, 2.45) is 0 Å². The molecule has 0 spiro atoms. The van der Waals surface area contributed by atoms with Crippen LogP contribution in [-0.4, -0.2) is 19.2 Å². The highest BCUT2D eigenvalue weighted by molar-refractivity contribution is 5.98. The highest BCUT2D eigenvalue weighted by atomic mass is 16.5. The zero-order valence-electron chi connectivity index (χ0n) is 11.0. The molecule has 0 unspecified atom stereocenters. The summed E-state index contributed by atoms with van der Waals surface area (Å²) in [6, 6.07) is 7.09. The standard InChI is InChI=1S/C14H18N2O3/c1-2-18-12-8-6-7-11(16)13(12)14(17)19-10-5-3-4-9-15/h6-8H,2-5,10,16H2,1H3. The fourth-order valence-corrected chi connectivity index (χ4v) is 1.59. The molecule has 102 valence electrons. The molecule has 2 N–H and O–H groups in total. The molecule has 19 heavy (non-hydrogen) atoms. The third kappa shape index (κ3) is 4.51. The van der Waals surface area contributed by atoms with Crippen molar-refractivity contribution in [3.05, 3.63) is 23.8 Å². The molecule has 0 atom stereocenters. The summed E-state index contributed by atoms with van der Waals surface area (Å²) < 4.78 is 10.5. The van der Waals surface area contributed by atoms with Gasteiger partial charge in [-0.05, 0) is 31.9 Å². The van der Waals surface area contributed by atoms with Crippen molar-refractivity contribution in [3.63, 3.8) is 0 Å². The highest BCUT2D eigenvalue weighted by Gasteiger charge is 2.17. The van der Waals surface area contributed by atoms with E-state index < -0.39 is 5.97 Å². The van der Waals surface area contributed by atoms with E-state index in [1.807, 2.05) is 13.0 Å². The van der Waals surface area contributed by atoms with Crippen LogP contribution in [0.2, 0.25) is 0 Å². The molecule has 5 heteroatoms. The summed E-state index contributed by atoms with van der Waals surface area (Å²) in [7, 11) is 0. The molecule has 0 amide bonds. The van der Waals surface area contributed by atoms with E-state index >= 15 is 0 Å². The van der Waals surface area contributed by atoms with Crippen LogP contribution in [0, 0.1) is 11.3 Å². The quantitative estimate of drug-likeness (QED) is 0.463. The first kappa shape index (κ1) is 14.8. The normalized spacial score (nSPS) is 9.68. The summed E-state index contributed by atoms with van der Waals surface area (Å²) in [5.41, 5.74) is 6.39. The number of nitrogens with zero attached hydrogens (tertiary/aromatic N) is 1. The topological polar surface area (TPSA) is 85.3 Å². The van der Waals surface area contributed by atoms with Crippen LogP contribution >= 0.6 is 0 Å². The van der Waals surface area contributed by atoms with Crippen molar-refractivity contribution in [1.29, 1.82) is 5.26 Å². The number of benzene rings is 1. The summed E-state index contributed by atoms with van der Waals surface area (Å²) in [4.78, 5) is 11.9. The predicted octanol–water partition coefficient (Wildman–Crippen LogP) is 2.52. The fraction of sp³-hybridized carbons (Fsp3) is 0.429. The molecule has 5 nitrogen and oxygen atoms in total. The monoisotopic (exact) mass is 262 g/mol. The van der Waals surface area contributed by atoms with Gasteiger partial charge in [-0.2, -0.15) is 5.26 Å². The second kappa shape index (κ2) is 7.98. The molecule has 0 heterocycles. The van der Waals surface area contributed by atoms with Gasteiger partial charge in [-0.1, -0.05) is 6.07 Å². The Hall–Kier alpha value is -2.22. The second-order valence-corrected chi connectivity index (χ2v) is 3.90. The largest absolute Gasteiger partial charge is 0.493 e. The van der Waals surface area contributed by atoms with Crippen LogP contribution in [0.3, 0.4) is 0 Å². The van der Waals surface area contributed by atoms with Gasteiger partial charge in [-0.25, -0.2) is 4.79 Å². The Kier molecular flexibility index (Phi) is 6.23. The van der Waals surface area contributed by atoms with E-state index in [-0.39, 0.29) is 12.2 Å². The molecule has 0 aromatic heterocycles. The van der Waals surface area contributed by atoms with Crippen LogP contribution in [0.1, 0.15) is 36.5 Å². The molecule has 0 radical (unpaired) electrons. The number of esters is 1. The van der Waals surface area contributed by atoms with Crippen LogP contribution in [0.15, 0.2) is 18.2 Å². The van der Waals surface area contributed by atoms with Crippen molar-refractivity contribution in [1.82, 2.24) is 0 Å². The van der Waals surface area contributed by atoms with E-state index in [1.54, 1.807) is 18.2 Å². The van der Waals surface area contributed by atoms with Crippen LogP contribution < -0.4 is 10.5 Å². The minimum Gasteiger partial charge on any atom is -0.493 e. The average molecular weight is 262 g/mol. The average Bonchev–Trinajstić information content (AvgIpc) is 2.39. The van der Waals surface area contributed by atoms with Gasteiger partial charge < -0.3 is 15.2 Å². The summed E-state index contributed by atoms with van der Waals surface area (Å²) in [6.45, 7) is 2.56. The zero-order valence-corrected chi connectivity index (χ0v) is 11.0. The number of nitrogen functional groups attached to an aromatic ring is 1. The zero-order chi connectivity index (χ0) is 14.1. The molecule has 0 bridgehead atoms. The minimum atomic E-state index is -0.487. The predicted molar refractivity (Wildman–Crippen MR) is 71.8 cm³/mol. The van der Waals surface area contributed by atoms with Gasteiger partial charge in [0.05, 0.1) is 19.3 Å². The van der Waals surface area contributed by atoms with Gasteiger partial charge in [-0.15, -0.1) is 0 Å². The number of rotatable bonds is 7. The van der Waals surface area contributed by atoms with E-state index in [1.165, 1.54) is 0 Å². The maximum absolute atomic E-state index is 11.9. The lowest BCUT2D eigenvalue weighted by Gasteiger charge is -2.11. The molecule has 1 aromatic rings. The van der Waals surface area contributed by atoms with E-state index in [0.29, 0.717) is 37.3 Å². The summed E-state index contributed by atoms with van der Waals surface area (Å²) >= 11 is 0. The third-order valence-corrected chi connectivity index (χ3v) is 2.48. The number of carbonyl (C=O) groups is 1. The van der Waals surface area contributed by atoms with Crippen molar-refractivity contribution >= 4 is 11.7 Å². The number of hydrogen-bond donors (Lipinski definition) is 1. The number of anilines is 1. The van der Waals surface area contributed by atoms with Crippen molar-refractivity contribution in [2.45, 2.75) is 26.2 Å². The molecular formula is C14H18N2O3. The lowest BCUT2D eigenvalue weighted by molar-refractivity contribution is 0.0496. The lowest BCUT2D eigenvalue weighted by Crippen LogP contribution is -2.11. The second-order valence-electron chi connectivity index (χ2n) is 3.90. The molecular weight excluding hydrogens is 244 g/mol. The number of nitriles is 1. The Morgan fingerprint density at radius 3 is 2.89 bits per heavy atom. The van der Waals surface area contributed by atoms with Crippen LogP contribution in [0.4, 0.5) is 5.69 Å². The first-order valence-corrected chi connectivity index (χ1v) is 6.26. The van der Waals surface area contributed by atoms with E-state index in [9.17, 15) is 4.79 Å². The van der Waals surface area contributed by atoms with Gasteiger partial charge in [0.1, 0.15) is 11.3 Å².